The average molecular weight is 453 g/mol. The molecule has 0 N–H and O–H groups in total. The molecule has 1 saturated heterocycles. The molecule has 3 aromatic rings. The highest BCUT2D eigenvalue weighted by atomic mass is 32.2. The van der Waals surface area contributed by atoms with E-state index >= 15 is 0 Å². The summed E-state index contributed by atoms with van der Waals surface area (Å²) in [6.45, 7) is 2.86. The summed E-state index contributed by atoms with van der Waals surface area (Å²) in [5.74, 6) is -0.181. The van der Waals surface area contributed by atoms with Crippen LogP contribution in [0.1, 0.15) is 22.7 Å². The Morgan fingerprint density at radius 3 is 2.41 bits per heavy atom. The van der Waals surface area contributed by atoms with Gasteiger partial charge in [0.2, 0.25) is 27.5 Å². The zero-order valence-electron chi connectivity index (χ0n) is 17.4. The Morgan fingerprint density at radius 2 is 1.75 bits per heavy atom. The molecule has 7 nitrogen and oxygen atoms in total. The number of halogens is 1. The minimum atomic E-state index is -3.94. The molecule has 4 rings (SSSR count). The normalized spacial score (nSPS) is 15.2. The van der Waals surface area contributed by atoms with Crippen LogP contribution in [0.15, 0.2) is 57.8 Å². The van der Waals surface area contributed by atoms with E-state index in [1.165, 1.54) is 22.5 Å². The van der Waals surface area contributed by atoms with Gasteiger partial charge in [0.1, 0.15) is 16.8 Å². The summed E-state index contributed by atoms with van der Waals surface area (Å²) < 4.78 is 46.6. The number of hydrogen-bond acceptors (Lipinski definition) is 6. The number of rotatable bonds is 5. The molecule has 1 aromatic heterocycles. The maximum atomic E-state index is 14.0. The molecule has 9 heteroatoms. The summed E-state index contributed by atoms with van der Waals surface area (Å²) in [5.41, 5.74) is 2.27. The summed E-state index contributed by atoms with van der Waals surface area (Å²) in [6, 6.07) is 15.3. The highest BCUT2D eigenvalue weighted by Crippen LogP contribution is 2.26. The Bertz CT molecular complexity index is 1290. The Hall–Kier alpha value is -3.48. The van der Waals surface area contributed by atoms with Gasteiger partial charge in [0.05, 0.1) is 0 Å². The summed E-state index contributed by atoms with van der Waals surface area (Å²) in [6.07, 6.45) is 3.53. The summed E-state index contributed by atoms with van der Waals surface area (Å²) >= 11 is 0. The topological polar surface area (TPSA) is 90.4 Å². The second-order valence-corrected chi connectivity index (χ2v) is 9.29. The number of hydrogen-bond donors (Lipinski definition) is 0. The van der Waals surface area contributed by atoms with Crippen LogP contribution in [-0.4, -0.2) is 43.9 Å². The maximum Gasteiger partial charge on any atom is 0.246 e. The molecular formula is C23H21FN4O3S. The number of benzene rings is 2. The van der Waals surface area contributed by atoms with Crippen molar-refractivity contribution in [3.05, 3.63) is 77.1 Å². The van der Waals surface area contributed by atoms with Crippen molar-refractivity contribution >= 4 is 28.1 Å². The fourth-order valence-corrected chi connectivity index (χ4v) is 4.94. The zero-order chi connectivity index (χ0) is 22.7. The molecule has 1 aliphatic heterocycles. The second-order valence-electron chi connectivity index (χ2n) is 7.38. The minimum absolute atomic E-state index is 0.136. The van der Waals surface area contributed by atoms with Crippen molar-refractivity contribution in [2.75, 3.05) is 31.1 Å². The molecular weight excluding hydrogens is 431 g/mol. The minimum Gasteiger partial charge on any atom is -0.420 e. The first kappa shape index (κ1) is 21.7. The van der Waals surface area contributed by atoms with E-state index in [-0.39, 0.29) is 23.7 Å². The van der Waals surface area contributed by atoms with Gasteiger partial charge in [-0.3, -0.25) is 0 Å². The number of sulfonamides is 1. The van der Waals surface area contributed by atoms with Crippen molar-refractivity contribution in [1.82, 2.24) is 9.29 Å². The highest BCUT2D eigenvalue weighted by Gasteiger charge is 2.32. The number of aromatic nitrogens is 1. The van der Waals surface area contributed by atoms with E-state index in [2.05, 4.69) is 4.98 Å². The molecule has 2 heterocycles. The zero-order valence-corrected chi connectivity index (χ0v) is 18.2. The Kier molecular flexibility index (Phi) is 6.08. The predicted octanol–water partition coefficient (Wildman–Crippen LogP) is 3.68. The largest absolute Gasteiger partial charge is 0.420 e. The Morgan fingerprint density at radius 1 is 1.06 bits per heavy atom. The van der Waals surface area contributed by atoms with E-state index in [1.54, 1.807) is 11.0 Å². The first-order chi connectivity index (χ1) is 15.4. The molecule has 32 heavy (non-hydrogen) atoms. The molecule has 0 amide bonds. The van der Waals surface area contributed by atoms with Crippen molar-refractivity contribution in [2.45, 2.75) is 11.8 Å². The predicted molar refractivity (Wildman–Crippen MR) is 119 cm³/mol. The first-order valence-corrected chi connectivity index (χ1v) is 11.5. The summed E-state index contributed by atoms with van der Waals surface area (Å²) in [4.78, 5) is 5.67. The number of oxazole rings is 1. The summed E-state index contributed by atoms with van der Waals surface area (Å²) in [7, 11) is -3.94. The molecule has 0 saturated carbocycles. The molecule has 1 fully saturated rings. The van der Waals surface area contributed by atoms with Crippen LogP contribution >= 0.6 is 0 Å². The third-order valence-electron chi connectivity index (χ3n) is 5.21. The molecule has 0 aliphatic carbocycles. The molecule has 2 aromatic carbocycles. The van der Waals surface area contributed by atoms with Gasteiger partial charge in [-0.2, -0.15) is 14.6 Å². The van der Waals surface area contributed by atoms with E-state index in [1.807, 2.05) is 43.3 Å². The van der Waals surface area contributed by atoms with Crippen LogP contribution in [0.3, 0.4) is 0 Å². The third-order valence-corrected chi connectivity index (χ3v) is 7.14. The van der Waals surface area contributed by atoms with Gasteiger partial charge >= 0.3 is 0 Å². The molecule has 0 spiro atoms. The molecule has 1 aliphatic rings. The lowest BCUT2D eigenvalue weighted by atomic mass is 10.1. The maximum absolute atomic E-state index is 14.0. The molecule has 0 atom stereocenters. The van der Waals surface area contributed by atoms with Gasteiger partial charge in [0.25, 0.3) is 0 Å². The van der Waals surface area contributed by atoms with Crippen molar-refractivity contribution in [1.29, 1.82) is 5.26 Å². The van der Waals surface area contributed by atoms with Crippen LogP contribution in [0.25, 0.3) is 12.2 Å². The van der Waals surface area contributed by atoms with Crippen LogP contribution in [0.4, 0.5) is 10.3 Å². The Balaban J connectivity index is 1.48. The lowest BCUT2D eigenvalue weighted by Gasteiger charge is -2.33. The number of aryl methyl sites for hydroxylation is 1. The first-order valence-electron chi connectivity index (χ1n) is 10.0. The number of anilines is 1. The number of nitriles is 1. The van der Waals surface area contributed by atoms with Crippen molar-refractivity contribution in [3.8, 4) is 6.07 Å². The SMILES string of the molecule is Cc1ccc(/C=C/c2nc(C#N)c(N3CCN(S(=O)(=O)c4ccccc4F)CC3)o2)cc1. The van der Waals surface area contributed by atoms with Crippen LogP contribution < -0.4 is 4.90 Å². The fraction of sp³-hybridized carbons (Fsp3) is 0.217. The lowest BCUT2D eigenvalue weighted by molar-refractivity contribution is 0.371. The highest BCUT2D eigenvalue weighted by molar-refractivity contribution is 7.89. The second kappa shape index (κ2) is 8.94. The van der Waals surface area contributed by atoms with Gasteiger partial charge in [0, 0.05) is 32.3 Å². The van der Waals surface area contributed by atoms with Crippen LogP contribution in [0, 0.1) is 24.1 Å². The van der Waals surface area contributed by atoms with Gasteiger partial charge < -0.3 is 9.32 Å². The standard InChI is InChI=1S/C23H21FN4O3S/c1-17-6-8-18(9-7-17)10-11-22-26-20(16-25)23(31-22)27-12-14-28(15-13-27)32(29,30)21-5-3-2-4-19(21)24/h2-11H,12-15H2,1H3/b11-10+. The molecule has 0 bridgehead atoms. The van der Waals surface area contributed by atoms with Crippen molar-refractivity contribution in [3.63, 3.8) is 0 Å². The monoisotopic (exact) mass is 452 g/mol. The van der Waals surface area contributed by atoms with E-state index in [0.29, 0.717) is 24.9 Å². The van der Waals surface area contributed by atoms with Gasteiger partial charge in [-0.05, 0) is 30.7 Å². The number of piperazine rings is 1. The average Bonchev–Trinajstić information content (AvgIpc) is 3.22. The Labute approximate surface area is 186 Å². The van der Waals surface area contributed by atoms with Gasteiger partial charge in [-0.25, -0.2) is 12.8 Å². The van der Waals surface area contributed by atoms with Crippen LogP contribution in [0.5, 0.6) is 0 Å². The van der Waals surface area contributed by atoms with E-state index in [0.717, 1.165) is 17.2 Å². The number of nitrogens with zero attached hydrogens (tertiary/aromatic N) is 4. The van der Waals surface area contributed by atoms with Gasteiger partial charge in [0.15, 0.2) is 0 Å². The summed E-state index contributed by atoms with van der Waals surface area (Å²) in [5, 5.41) is 9.47. The lowest BCUT2D eigenvalue weighted by Crippen LogP contribution is -2.48. The van der Waals surface area contributed by atoms with Crippen molar-refractivity contribution < 1.29 is 17.2 Å². The van der Waals surface area contributed by atoms with Crippen molar-refractivity contribution in [2.24, 2.45) is 0 Å². The fourth-order valence-electron chi connectivity index (χ4n) is 3.46. The van der Waals surface area contributed by atoms with E-state index < -0.39 is 15.8 Å². The smallest absolute Gasteiger partial charge is 0.246 e. The van der Waals surface area contributed by atoms with E-state index in [4.69, 9.17) is 4.42 Å². The molecule has 0 unspecified atom stereocenters. The molecule has 164 valence electrons. The van der Waals surface area contributed by atoms with Crippen LogP contribution in [-0.2, 0) is 10.0 Å². The quantitative estimate of drug-likeness (QED) is 0.587. The van der Waals surface area contributed by atoms with Gasteiger partial charge in [-0.1, -0.05) is 42.0 Å². The van der Waals surface area contributed by atoms with Gasteiger partial charge in [-0.15, -0.1) is 0 Å². The van der Waals surface area contributed by atoms with Crippen LogP contribution in [0.2, 0.25) is 0 Å². The van der Waals surface area contributed by atoms with E-state index in [9.17, 15) is 18.1 Å². The molecule has 0 radical (unpaired) electrons. The third kappa shape index (κ3) is 4.42.